The standard InChI is InChI=1S/C13H16Cl3N3O3/c1-3-18(4-2)12(13(14,15)16)17-11(20)9-5-7-10(8-6-9)19(21)22/h5-8,12H,3-4H2,1-2H3,(H,17,20). The Morgan fingerprint density at radius 2 is 1.77 bits per heavy atom. The highest BCUT2D eigenvalue weighted by atomic mass is 35.6. The minimum Gasteiger partial charge on any atom is -0.332 e. The Balaban J connectivity index is 2.93. The number of nitrogens with one attached hydrogen (secondary N) is 1. The number of nitro benzene ring substituents is 1. The minimum atomic E-state index is -1.71. The van der Waals surface area contributed by atoms with Crippen LogP contribution in [0.5, 0.6) is 0 Å². The van der Waals surface area contributed by atoms with Crippen LogP contribution in [0.1, 0.15) is 24.2 Å². The highest BCUT2D eigenvalue weighted by Crippen LogP contribution is 2.32. The maximum Gasteiger partial charge on any atom is 0.269 e. The molecule has 122 valence electrons. The molecule has 9 heteroatoms. The van der Waals surface area contributed by atoms with Gasteiger partial charge < -0.3 is 5.32 Å². The minimum absolute atomic E-state index is 0.0989. The normalized spacial score (nSPS) is 13.0. The number of alkyl halides is 3. The van der Waals surface area contributed by atoms with Gasteiger partial charge in [0.25, 0.3) is 11.6 Å². The van der Waals surface area contributed by atoms with E-state index in [1.165, 1.54) is 24.3 Å². The van der Waals surface area contributed by atoms with Crippen LogP contribution in [0, 0.1) is 10.1 Å². The molecule has 1 atom stereocenters. The predicted molar refractivity (Wildman–Crippen MR) is 87.6 cm³/mol. The zero-order valence-corrected chi connectivity index (χ0v) is 14.3. The van der Waals surface area contributed by atoms with Crippen LogP contribution in [0.3, 0.4) is 0 Å². The number of benzene rings is 1. The largest absolute Gasteiger partial charge is 0.332 e. The fraction of sp³-hybridized carbons (Fsp3) is 0.462. The van der Waals surface area contributed by atoms with Gasteiger partial charge in [-0.1, -0.05) is 48.7 Å². The number of carbonyl (C=O) groups is 1. The summed E-state index contributed by atoms with van der Waals surface area (Å²) < 4.78 is -1.71. The number of hydrogen-bond donors (Lipinski definition) is 1. The monoisotopic (exact) mass is 367 g/mol. The van der Waals surface area contributed by atoms with Crippen molar-refractivity contribution in [1.82, 2.24) is 10.2 Å². The van der Waals surface area contributed by atoms with Gasteiger partial charge in [0.1, 0.15) is 6.17 Å². The Labute approximate surface area is 143 Å². The molecule has 1 aromatic carbocycles. The number of halogens is 3. The lowest BCUT2D eigenvalue weighted by atomic mass is 10.2. The first kappa shape index (κ1) is 19.0. The molecule has 0 saturated carbocycles. The van der Waals surface area contributed by atoms with Gasteiger partial charge in [0, 0.05) is 17.7 Å². The maximum atomic E-state index is 12.2. The highest BCUT2D eigenvalue weighted by Gasteiger charge is 2.37. The summed E-state index contributed by atoms with van der Waals surface area (Å²) in [5.41, 5.74) is 0.148. The van der Waals surface area contributed by atoms with Crippen molar-refractivity contribution < 1.29 is 9.72 Å². The first-order chi connectivity index (χ1) is 10.2. The molecule has 1 aromatic rings. The van der Waals surface area contributed by atoms with E-state index in [1.54, 1.807) is 4.90 Å². The van der Waals surface area contributed by atoms with E-state index < -0.39 is 20.8 Å². The summed E-state index contributed by atoms with van der Waals surface area (Å²) in [5, 5.41) is 13.2. The lowest BCUT2D eigenvalue weighted by Gasteiger charge is -2.34. The average molecular weight is 369 g/mol. The van der Waals surface area contributed by atoms with E-state index >= 15 is 0 Å². The van der Waals surface area contributed by atoms with Crippen molar-refractivity contribution in [3.8, 4) is 0 Å². The number of nitrogens with zero attached hydrogens (tertiary/aromatic N) is 2. The zero-order chi connectivity index (χ0) is 16.9. The summed E-state index contributed by atoms with van der Waals surface area (Å²) >= 11 is 17.8. The molecule has 22 heavy (non-hydrogen) atoms. The molecule has 6 nitrogen and oxygen atoms in total. The molecular formula is C13H16Cl3N3O3. The summed E-state index contributed by atoms with van der Waals surface area (Å²) in [6.07, 6.45) is -0.810. The van der Waals surface area contributed by atoms with Gasteiger partial charge >= 0.3 is 0 Å². The molecule has 1 amide bonds. The van der Waals surface area contributed by atoms with Crippen molar-refractivity contribution in [2.24, 2.45) is 0 Å². The number of non-ortho nitro benzene ring substituents is 1. The van der Waals surface area contributed by atoms with Crippen LogP contribution in [-0.2, 0) is 0 Å². The van der Waals surface area contributed by atoms with E-state index in [0.717, 1.165) is 0 Å². The first-order valence-electron chi connectivity index (χ1n) is 6.56. The number of rotatable bonds is 6. The Kier molecular flexibility index (Phi) is 6.87. The molecule has 0 radical (unpaired) electrons. The fourth-order valence-electron chi connectivity index (χ4n) is 1.91. The van der Waals surface area contributed by atoms with Crippen molar-refractivity contribution in [3.05, 3.63) is 39.9 Å². The van der Waals surface area contributed by atoms with Gasteiger partial charge in [0.2, 0.25) is 3.79 Å². The molecule has 0 spiro atoms. The van der Waals surface area contributed by atoms with Crippen LogP contribution < -0.4 is 5.32 Å². The van der Waals surface area contributed by atoms with Crippen LogP contribution in [-0.4, -0.2) is 38.8 Å². The summed E-state index contributed by atoms with van der Waals surface area (Å²) in [6, 6.07) is 5.20. The Hall–Kier alpha value is -1.08. The van der Waals surface area contributed by atoms with E-state index in [9.17, 15) is 14.9 Å². The molecule has 0 aromatic heterocycles. The van der Waals surface area contributed by atoms with E-state index in [1.807, 2.05) is 13.8 Å². The second-order valence-electron chi connectivity index (χ2n) is 4.44. The second-order valence-corrected chi connectivity index (χ2v) is 6.81. The van der Waals surface area contributed by atoms with Crippen molar-refractivity contribution >= 4 is 46.4 Å². The third kappa shape index (κ3) is 4.98. The zero-order valence-electron chi connectivity index (χ0n) is 12.1. The Morgan fingerprint density at radius 3 is 2.14 bits per heavy atom. The number of carbonyl (C=O) groups excluding carboxylic acids is 1. The summed E-state index contributed by atoms with van der Waals surface area (Å²) in [5.74, 6) is -0.474. The fourth-order valence-corrected chi connectivity index (χ4v) is 2.49. The highest BCUT2D eigenvalue weighted by molar-refractivity contribution is 6.68. The van der Waals surface area contributed by atoms with Crippen molar-refractivity contribution in [2.45, 2.75) is 23.8 Å². The molecule has 0 saturated heterocycles. The van der Waals surface area contributed by atoms with Crippen LogP contribution in [0.2, 0.25) is 0 Å². The van der Waals surface area contributed by atoms with Gasteiger partial charge in [-0.3, -0.25) is 19.8 Å². The van der Waals surface area contributed by atoms with Crippen LogP contribution in [0.4, 0.5) is 5.69 Å². The molecule has 0 aliphatic heterocycles. The number of hydrogen-bond acceptors (Lipinski definition) is 4. The number of amides is 1. The van der Waals surface area contributed by atoms with E-state index in [-0.39, 0.29) is 11.3 Å². The molecule has 0 bridgehead atoms. The van der Waals surface area contributed by atoms with Gasteiger partial charge in [-0.25, -0.2) is 0 Å². The topological polar surface area (TPSA) is 75.5 Å². The summed E-state index contributed by atoms with van der Waals surface area (Å²) in [7, 11) is 0. The first-order valence-corrected chi connectivity index (χ1v) is 7.70. The quantitative estimate of drug-likeness (QED) is 0.361. The average Bonchev–Trinajstić information content (AvgIpc) is 2.46. The Bertz CT molecular complexity index is 528. The van der Waals surface area contributed by atoms with Gasteiger partial charge in [-0.2, -0.15) is 0 Å². The molecule has 0 aliphatic carbocycles. The molecule has 1 N–H and O–H groups in total. The predicted octanol–water partition coefficient (Wildman–Crippen LogP) is 3.36. The Morgan fingerprint density at radius 1 is 1.27 bits per heavy atom. The van der Waals surface area contributed by atoms with E-state index in [0.29, 0.717) is 13.1 Å². The lowest BCUT2D eigenvalue weighted by Crippen LogP contribution is -2.55. The summed E-state index contributed by atoms with van der Waals surface area (Å²) in [6.45, 7) is 4.92. The van der Waals surface area contributed by atoms with Gasteiger partial charge in [-0.05, 0) is 25.2 Å². The molecule has 0 heterocycles. The smallest absolute Gasteiger partial charge is 0.269 e. The molecular weight excluding hydrogens is 353 g/mol. The molecule has 0 fully saturated rings. The molecule has 1 unspecified atom stereocenters. The van der Waals surface area contributed by atoms with Gasteiger partial charge in [0.15, 0.2) is 0 Å². The van der Waals surface area contributed by atoms with Gasteiger partial charge in [0.05, 0.1) is 4.92 Å². The second kappa shape index (κ2) is 7.97. The third-order valence-electron chi connectivity index (χ3n) is 3.10. The third-order valence-corrected chi connectivity index (χ3v) is 3.72. The maximum absolute atomic E-state index is 12.2. The SMILES string of the molecule is CCN(CC)C(NC(=O)c1ccc([N+](=O)[O-])cc1)C(Cl)(Cl)Cl. The lowest BCUT2D eigenvalue weighted by molar-refractivity contribution is -0.384. The molecule has 0 aliphatic rings. The van der Waals surface area contributed by atoms with Crippen molar-refractivity contribution in [1.29, 1.82) is 0 Å². The van der Waals surface area contributed by atoms with Crippen LogP contribution >= 0.6 is 34.8 Å². The van der Waals surface area contributed by atoms with E-state index in [2.05, 4.69) is 5.32 Å². The summed E-state index contributed by atoms with van der Waals surface area (Å²) in [4.78, 5) is 24.1. The van der Waals surface area contributed by atoms with Gasteiger partial charge in [-0.15, -0.1) is 0 Å². The van der Waals surface area contributed by atoms with Crippen LogP contribution in [0.25, 0.3) is 0 Å². The van der Waals surface area contributed by atoms with Crippen LogP contribution in [0.15, 0.2) is 24.3 Å². The molecule has 1 rings (SSSR count). The van der Waals surface area contributed by atoms with E-state index in [4.69, 9.17) is 34.8 Å². The number of nitro groups is 1. The van der Waals surface area contributed by atoms with Crippen molar-refractivity contribution in [3.63, 3.8) is 0 Å². The van der Waals surface area contributed by atoms with Crippen molar-refractivity contribution in [2.75, 3.05) is 13.1 Å².